The van der Waals surface area contributed by atoms with E-state index in [1.807, 2.05) is 32.3 Å². The molecule has 4 heteroatoms. The third-order valence-corrected chi connectivity index (χ3v) is 1.73. The maximum atomic E-state index is 11.2. The highest BCUT2D eigenvalue weighted by atomic mass is 16.5. The molecule has 1 aromatic rings. The van der Waals surface area contributed by atoms with Gasteiger partial charge in [0.2, 0.25) is 0 Å². The predicted octanol–water partition coefficient (Wildman–Crippen LogP) is 0.898. The lowest BCUT2D eigenvalue weighted by Crippen LogP contribution is -2.16. The molecule has 4 nitrogen and oxygen atoms in total. The normalized spacial score (nSPS) is 10.6. The number of hydrogen-bond acceptors (Lipinski definition) is 3. The van der Waals surface area contributed by atoms with Crippen molar-refractivity contribution in [3.05, 3.63) is 24.0 Å². The summed E-state index contributed by atoms with van der Waals surface area (Å²) in [6.07, 6.45) is 3.61. The number of aromatic nitrogens is 1. The molecule has 0 atom stereocenters. The molecule has 0 fully saturated rings. The summed E-state index contributed by atoms with van der Waals surface area (Å²) < 4.78 is 6.78. The molecule has 0 spiro atoms. The van der Waals surface area contributed by atoms with E-state index in [9.17, 15) is 4.79 Å². The van der Waals surface area contributed by atoms with Crippen LogP contribution in [0, 0.1) is 0 Å². The first-order valence-corrected chi connectivity index (χ1v) is 4.66. The van der Waals surface area contributed by atoms with Crippen LogP contribution < -0.4 is 5.73 Å². The van der Waals surface area contributed by atoms with Gasteiger partial charge in [-0.1, -0.05) is 0 Å². The Morgan fingerprint density at radius 1 is 1.64 bits per heavy atom. The lowest BCUT2D eigenvalue weighted by atomic mass is 10.3. The van der Waals surface area contributed by atoms with Gasteiger partial charge in [0.25, 0.3) is 0 Å². The minimum atomic E-state index is -0.223. The van der Waals surface area contributed by atoms with Gasteiger partial charge in [-0.05, 0) is 25.5 Å². The van der Waals surface area contributed by atoms with Crippen molar-refractivity contribution in [2.75, 3.05) is 0 Å². The fourth-order valence-corrected chi connectivity index (χ4v) is 1.16. The molecule has 0 unspecified atom stereocenters. The van der Waals surface area contributed by atoms with E-state index in [4.69, 9.17) is 10.5 Å². The van der Waals surface area contributed by atoms with Crippen LogP contribution in [-0.4, -0.2) is 16.6 Å². The van der Waals surface area contributed by atoms with Crippen molar-refractivity contribution in [3.63, 3.8) is 0 Å². The van der Waals surface area contributed by atoms with E-state index in [0.717, 1.165) is 5.56 Å². The Morgan fingerprint density at radius 2 is 2.36 bits per heavy atom. The summed E-state index contributed by atoms with van der Waals surface area (Å²) >= 11 is 0. The fraction of sp³-hybridized carbons (Fsp3) is 0.500. The summed E-state index contributed by atoms with van der Waals surface area (Å²) in [4.78, 5) is 11.2. The second-order valence-electron chi connectivity index (χ2n) is 3.43. The molecule has 0 saturated heterocycles. The minimum Gasteiger partial charge on any atom is -0.462 e. The van der Waals surface area contributed by atoms with Crippen molar-refractivity contribution < 1.29 is 9.53 Å². The molecular weight excluding hydrogens is 180 g/mol. The molecule has 0 bridgehead atoms. The van der Waals surface area contributed by atoms with E-state index in [0.29, 0.717) is 6.54 Å². The largest absolute Gasteiger partial charge is 0.462 e. The van der Waals surface area contributed by atoms with Crippen LogP contribution in [-0.2, 0) is 22.6 Å². The lowest BCUT2D eigenvalue weighted by molar-refractivity contribution is -0.148. The molecule has 0 aliphatic heterocycles. The van der Waals surface area contributed by atoms with Gasteiger partial charge in [0.05, 0.1) is 6.10 Å². The summed E-state index contributed by atoms with van der Waals surface area (Å²) in [5.41, 5.74) is 6.46. The van der Waals surface area contributed by atoms with E-state index in [2.05, 4.69) is 0 Å². The zero-order valence-electron chi connectivity index (χ0n) is 8.56. The maximum Gasteiger partial charge on any atom is 0.326 e. The van der Waals surface area contributed by atoms with Crippen LogP contribution in [0.1, 0.15) is 19.4 Å². The molecule has 2 N–H and O–H groups in total. The Balaban J connectivity index is 2.47. The number of ether oxygens (including phenoxy) is 1. The highest BCUT2D eigenvalue weighted by Crippen LogP contribution is 2.01. The average molecular weight is 196 g/mol. The molecule has 14 heavy (non-hydrogen) atoms. The van der Waals surface area contributed by atoms with Crippen molar-refractivity contribution in [3.8, 4) is 0 Å². The van der Waals surface area contributed by atoms with Crippen molar-refractivity contribution >= 4 is 5.97 Å². The van der Waals surface area contributed by atoms with E-state index in [1.165, 1.54) is 0 Å². The van der Waals surface area contributed by atoms with Crippen molar-refractivity contribution in [1.29, 1.82) is 0 Å². The third kappa shape index (κ3) is 3.22. The second kappa shape index (κ2) is 4.81. The molecule has 78 valence electrons. The first-order valence-electron chi connectivity index (χ1n) is 4.66. The monoisotopic (exact) mass is 196 g/mol. The topological polar surface area (TPSA) is 57.2 Å². The smallest absolute Gasteiger partial charge is 0.326 e. The number of esters is 1. The van der Waals surface area contributed by atoms with Gasteiger partial charge in [-0.2, -0.15) is 0 Å². The molecule has 0 aliphatic rings. The molecule has 1 rings (SSSR count). The van der Waals surface area contributed by atoms with Gasteiger partial charge in [-0.3, -0.25) is 4.79 Å². The molecule has 1 heterocycles. The molecule has 0 radical (unpaired) electrons. The van der Waals surface area contributed by atoms with Crippen LogP contribution >= 0.6 is 0 Å². The number of nitrogens with two attached hydrogens (primary N) is 1. The van der Waals surface area contributed by atoms with Crippen LogP contribution in [0.3, 0.4) is 0 Å². The standard InChI is InChI=1S/C10H16N2O2/c1-8(2)14-10(13)7-12-4-3-9(5-11)6-12/h3-4,6,8H,5,7,11H2,1-2H3. The first-order chi connectivity index (χ1) is 6.61. The zero-order valence-corrected chi connectivity index (χ0v) is 8.56. The molecular formula is C10H16N2O2. The van der Waals surface area contributed by atoms with Crippen molar-refractivity contribution in [2.45, 2.75) is 33.0 Å². The maximum absolute atomic E-state index is 11.2. The molecule has 0 aromatic carbocycles. The van der Waals surface area contributed by atoms with Gasteiger partial charge >= 0.3 is 5.97 Å². The van der Waals surface area contributed by atoms with E-state index in [-0.39, 0.29) is 18.6 Å². The summed E-state index contributed by atoms with van der Waals surface area (Å²) in [5, 5.41) is 0. The van der Waals surface area contributed by atoms with E-state index >= 15 is 0 Å². The van der Waals surface area contributed by atoms with Gasteiger partial charge in [0.15, 0.2) is 0 Å². The molecule has 0 saturated carbocycles. The molecule has 0 amide bonds. The predicted molar refractivity (Wildman–Crippen MR) is 53.6 cm³/mol. The van der Waals surface area contributed by atoms with Gasteiger partial charge in [0, 0.05) is 18.9 Å². The summed E-state index contributed by atoms with van der Waals surface area (Å²) in [7, 11) is 0. The van der Waals surface area contributed by atoms with Crippen LogP contribution in [0.5, 0.6) is 0 Å². The minimum absolute atomic E-state index is 0.0629. The van der Waals surface area contributed by atoms with Gasteiger partial charge in [-0.15, -0.1) is 0 Å². The van der Waals surface area contributed by atoms with Crippen LogP contribution in [0.4, 0.5) is 0 Å². The van der Waals surface area contributed by atoms with Gasteiger partial charge in [0.1, 0.15) is 6.54 Å². The summed E-state index contributed by atoms with van der Waals surface area (Å²) in [6.45, 7) is 4.40. The lowest BCUT2D eigenvalue weighted by Gasteiger charge is -2.07. The van der Waals surface area contributed by atoms with Gasteiger partial charge < -0.3 is 15.0 Å². The summed E-state index contributed by atoms with van der Waals surface area (Å²) in [6, 6.07) is 1.89. The van der Waals surface area contributed by atoms with E-state index in [1.54, 1.807) is 4.57 Å². The zero-order chi connectivity index (χ0) is 10.6. The fourth-order valence-electron chi connectivity index (χ4n) is 1.16. The van der Waals surface area contributed by atoms with Crippen molar-refractivity contribution in [1.82, 2.24) is 4.57 Å². The van der Waals surface area contributed by atoms with E-state index < -0.39 is 0 Å². The Hall–Kier alpha value is -1.29. The Morgan fingerprint density at radius 3 is 2.86 bits per heavy atom. The Labute approximate surface area is 83.7 Å². The number of rotatable bonds is 4. The van der Waals surface area contributed by atoms with Crippen LogP contribution in [0.25, 0.3) is 0 Å². The highest BCUT2D eigenvalue weighted by Gasteiger charge is 2.06. The second-order valence-corrected chi connectivity index (χ2v) is 3.43. The van der Waals surface area contributed by atoms with Crippen LogP contribution in [0.2, 0.25) is 0 Å². The quantitative estimate of drug-likeness (QED) is 0.728. The van der Waals surface area contributed by atoms with Crippen molar-refractivity contribution in [2.24, 2.45) is 5.73 Å². The first kappa shape index (κ1) is 10.8. The highest BCUT2D eigenvalue weighted by molar-refractivity contribution is 5.69. The number of nitrogens with zero attached hydrogens (tertiary/aromatic N) is 1. The molecule has 1 aromatic heterocycles. The van der Waals surface area contributed by atoms with Gasteiger partial charge in [-0.25, -0.2) is 0 Å². The number of carbonyl (C=O) groups excluding carboxylic acids is 1. The summed E-state index contributed by atoms with van der Waals surface area (Å²) in [5.74, 6) is -0.223. The number of hydrogen-bond donors (Lipinski definition) is 1. The SMILES string of the molecule is CC(C)OC(=O)Cn1ccc(CN)c1. The number of carbonyl (C=O) groups is 1. The average Bonchev–Trinajstić information content (AvgIpc) is 2.50. The van der Waals surface area contributed by atoms with Crippen LogP contribution in [0.15, 0.2) is 18.5 Å². The Bertz CT molecular complexity index is 305. The molecule has 0 aliphatic carbocycles. The Kier molecular flexibility index (Phi) is 3.71. The third-order valence-electron chi connectivity index (χ3n) is 1.73.